The number of thioether (sulfide) groups is 1. The highest BCUT2D eigenvalue weighted by Gasteiger charge is 2.12. The summed E-state index contributed by atoms with van der Waals surface area (Å²) in [7, 11) is 0. The molecular weight excluding hydrogens is 300 g/mol. The van der Waals surface area contributed by atoms with Crippen molar-refractivity contribution in [2.75, 3.05) is 5.75 Å². The second-order valence-corrected chi connectivity index (χ2v) is 5.56. The van der Waals surface area contributed by atoms with Crippen molar-refractivity contribution in [1.82, 2.24) is 4.98 Å². The predicted molar refractivity (Wildman–Crippen MR) is 78.7 cm³/mol. The van der Waals surface area contributed by atoms with Crippen LogP contribution in [0, 0.1) is 0 Å². The Labute approximate surface area is 125 Å². The van der Waals surface area contributed by atoms with Crippen molar-refractivity contribution in [3.63, 3.8) is 0 Å². The zero-order chi connectivity index (χ0) is 14.5. The van der Waals surface area contributed by atoms with Gasteiger partial charge in [0.15, 0.2) is 5.76 Å². The third kappa shape index (κ3) is 4.00. The molecule has 0 saturated heterocycles. The molecule has 3 N–H and O–H groups in total. The number of hydrogen-bond donors (Lipinski definition) is 2. The van der Waals surface area contributed by atoms with E-state index in [1.807, 2.05) is 12.1 Å². The fourth-order valence-electron chi connectivity index (χ4n) is 1.50. The number of carboxylic acids is 1. The van der Waals surface area contributed by atoms with Gasteiger partial charge in [-0.25, -0.2) is 4.98 Å². The van der Waals surface area contributed by atoms with Crippen LogP contribution < -0.4 is 5.73 Å². The number of benzene rings is 1. The Morgan fingerprint density at radius 3 is 3.05 bits per heavy atom. The molecule has 106 valence electrons. The van der Waals surface area contributed by atoms with E-state index in [1.54, 1.807) is 18.3 Å². The predicted octanol–water partition coefficient (Wildman–Crippen LogP) is 2.64. The molecular formula is C13H13ClN2O3S. The summed E-state index contributed by atoms with van der Waals surface area (Å²) in [4.78, 5) is 14.7. The van der Waals surface area contributed by atoms with Crippen LogP contribution in [0.2, 0.25) is 5.02 Å². The molecule has 1 unspecified atom stereocenters. The van der Waals surface area contributed by atoms with Gasteiger partial charge >= 0.3 is 5.97 Å². The van der Waals surface area contributed by atoms with Crippen molar-refractivity contribution in [3.8, 4) is 11.3 Å². The summed E-state index contributed by atoms with van der Waals surface area (Å²) < 4.78 is 5.59. The fraction of sp³-hybridized carbons (Fsp3) is 0.231. The number of hydrogen-bond acceptors (Lipinski definition) is 5. The van der Waals surface area contributed by atoms with E-state index in [9.17, 15) is 4.79 Å². The van der Waals surface area contributed by atoms with E-state index in [1.165, 1.54) is 11.8 Å². The SMILES string of the molecule is NC(CSCc1ncc(-c2cccc(Cl)c2)o1)C(=O)O. The molecule has 0 fully saturated rings. The minimum Gasteiger partial charge on any atom is -0.480 e. The van der Waals surface area contributed by atoms with Crippen LogP contribution in [0.25, 0.3) is 11.3 Å². The highest BCUT2D eigenvalue weighted by molar-refractivity contribution is 7.98. The number of carboxylic acid groups (broad SMARTS) is 1. The van der Waals surface area contributed by atoms with Gasteiger partial charge in [0.25, 0.3) is 0 Å². The van der Waals surface area contributed by atoms with E-state index >= 15 is 0 Å². The summed E-state index contributed by atoms with van der Waals surface area (Å²) in [6.07, 6.45) is 1.62. The van der Waals surface area contributed by atoms with Gasteiger partial charge in [0.1, 0.15) is 6.04 Å². The van der Waals surface area contributed by atoms with Crippen molar-refractivity contribution >= 4 is 29.3 Å². The van der Waals surface area contributed by atoms with Crippen LogP contribution in [-0.2, 0) is 10.5 Å². The van der Waals surface area contributed by atoms with Gasteiger partial charge < -0.3 is 15.3 Å². The third-order valence-corrected chi connectivity index (χ3v) is 3.78. The number of halogens is 1. The maximum Gasteiger partial charge on any atom is 0.321 e. The van der Waals surface area contributed by atoms with Gasteiger partial charge in [-0.1, -0.05) is 23.7 Å². The molecule has 1 heterocycles. The largest absolute Gasteiger partial charge is 0.480 e. The minimum absolute atomic E-state index is 0.310. The molecule has 0 aliphatic carbocycles. The van der Waals surface area contributed by atoms with Crippen LogP contribution in [0.3, 0.4) is 0 Å². The third-order valence-electron chi connectivity index (χ3n) is 2.50. The number of aromatic nitrogens is 1. The molecule has 20 heavy (non-hydrogen) atoms. The van der Waals surface area contributed by atoms with Crippen LogP contribution in [0.15, 0.2) is 34.9 Å². The lowest BCUT2D eigenvalue weighted by atomic mass is 10.2. The molecule has 0 saturated carbocycles. The van der Waals surface area contributed by atoms with E-state index in [2.05, 4.69) is 4.98 Å². The van der Waals surface area contributed by atoms with E-state index in [0.29, 0.717) is 28.2 Å². The average Bonchev–Trinajstić information content (AvgIpc) is 2.87. The molecule has 0 aliphatic rings. The normalized spacial score (nSPS) is 12.3. The lowest BCUT2D eigenvalue weighted by molar-refractivity contribution is -0.137. The Bertz CT molecular complexity index is 603. The zero-order valence-corrected chi connectivity index (χ0v) is 12.0. The van der Waals surface area contributed by atoms with Crippen molar-refractivity contribution in [2.45, 2.75) is 11.8 Å². The summed E-state index contributed by atoms with van der Waals surface area (Å²) in [5, 5.41) is 9.30. The van der Waals surface area contributed by atoms with Crippen molar-refractivity contribution < 1.29 is 14.3 Å². The van der Waals surface area contributed by atoms with Gasteiger partial charge in [-0.05, 0) is 12.1 Å². The van der Waals surface area contributed by atoms with Crippen LogP contribution >= 0.6 is 23.4 Å². The molecule has 5 nitrogen and oxygen atoms in total. The van der Waals surface area contributed by atoms with Crippen LogP contribution in [0.1, 0.15) is 5.89 Å². The Morgan fingerprint density at radius 1 is 1.55 bits per heavy atom. The first-order valence-corrected chi connectivity index (χ1v) is 7.36. The molecule has 1 aromatic carbocycles. The first-order valence-electron chi connectivity index (χ1n) is 5.83. The zero-order valence-electron chi connectivity index (χ0n) is 10.5. The van der Waals surface area contributed by atoms with Crippen molar-refractivity contribution in [2.24, 2.45) is 5.73 Å². The number of oxazole rings is 1. The molecule has 7 heteroatoms. The number of nitrogens with zero attached hydrogens (tertiary/aromatic N) is 1. The maximum absolute atomic E-state index is 10.6. The van der Waals surface area contributed by atoms with Gasteiger partial charge in [-0.2, -0.15) is 0 Å². The van der Waals surface area contributed by atoms with Gasteiger partial charge in [0, 0.05) is 16.3 Å². The number of nitrogens with two attached hydrogens (primary N) is 1. The summed E-state index contributed by atoms with van der Waals surface area (Å²) in [5.74, 6) is 0.934. The second-order valence-electron chi connectivity index (χ2n) is 4.09. The van der Waals surface area contributed by atoms with Gasteiger partial charge in [-0.15, -0.1) is 11.8 Å². The summed E-state index contributed by atoms with van der Waals surface area (Å²) >= 11 is 7.28. The number of carbonyl (C=O) groups is 1. The standard InChI is InChI=1S/C13H13ClN2O3S/c14-9-3-1-2-8(4-9)11-5-16-12(19-11)7-20-6-10(15)13(17)18/h1-5,10H,6-7,15H2,(H,17,18). The lowest BCUT2D eigenvalue weighted by Crippen LogP contribution is -2.32. The Morgan fingerprint density at radius 2 is 2.35 bits per heavy atom. The lowest BCUT2D eigenvalue weighted by Gasteiger charge is -2.03. The molecule has 0 amide bonds. The topological polar surface area (TPSA) is 89.4 Å². The second kappa shape index (κ2) is 6.78. The average molecular weight is 313 g/mol. The van der Waals surface area contributed by atoms with Crippen LogP contribution in [-0.4, -0.2) is 27.9 Å². The van der Waals surface area contributed by atoms with E-state index in [4.69, 9.17) is 26.9 Å². The molecule has 0 bridgehead atoms. The monoisotopic (exact) mass is 312 g/mol. The smallest absolute Gasteiger partial charge is 0.321 e. The highest BCUT2D eigenvalue weighted by Crippen LogP contribution is 2.24. The number of rotatable bonds is 6. The summed E-state index contributed by atoms with van der Waals surface area (Å²) in [5.41, 5.74) is 6.26. The minimum atomic E-state index is -1.01. The summed E-state index contributed by atoms with van der Waals surface area (Å²) in [6.45, 7) is 0. The van der Waals surface area contributed by atoms with Crippen LogP contribution in [0.4, 0.5) is 0 Å². The number of aliphatic carboxylic acids is 1. The van der Waals surface area contributed by atoms with Crippen LogP contribution in [0.5, 0.6) is 0 Å². The first kappa shape index (κ1) is 14.9. The first-order chi connectivity index (χ1) is 9.56. The van der Waals surface area contributed by atoms with Gasteiger partial charge in [-0.3, -0.25) is 4.79 Å². The van der Waals surface area contributed by atoms with E-state index < -0.39 is 12.0 Å². The Hall–Kier alpha value is -1.50. The summed E-state index contributed by atoms with van der Waals surface area (Å²) in [6, 6.07) is 6.41. The van der Waals surface area contributed by atoms with Crippen molar-refractivity contribution in [1.29, 1.82) is 0 Å². The molecule has 2 aromatic rings. The van der Waals surface area contributed by atoms with Gasteiger partial charge in [0.2, 0.25) is 5.89 Å². The van der Waals surface area contributed by atoms with E-state index in [0.717, 1.165) is 5.56 Å². The molecule has 0 aliphatic heterocycles. The van der Waals surface area contributed by atoms with E-state index in [-0.39, 0.29) is 0 Å². The van der Waals surface area contributed by atoms with Gasteiger partial charge in [0.05, 0.1) is 11.9 Å². The molecule has 2 rings (SSSR count). The Balaban J connectivity index is 1.94. The molecule has 1 atom stereocenters. The molecule has 0 spiro atoms. The molecule has 1 aromatic heterocycles. The quantitative estimate of drug-likeness (QED) is 0.852. The highest BCUT2D eigenvalue weighted by atomic mass is 35.5. The Kier molecular flexibility index (Phi) is 5.05. The maximum atomic E-state index is 10.6. The van der Waals surface area contributed by atoms with Crippen molar-refractivity contribution in [3.05, 3.63) is 41.4 Å². The molecule has 0 radical (unpaired) electrons. The fourth-order valence-corrected chi connectivity index (χ4v) is 2.51.